The van der Waals surface area contributed by atoms with Crippen molar-refractivity contribution in [3.8, 4) is 0 Å². The Morgan fingerprint density at radius 1 is 1.16 bits per heavy atom. The molecule has 0 bridgehead atoms. The lowest BCUT2D eigenvalue weighted by molar-refractivity contribution is -0.0674. The van der Waals surface area contributed by atoms with Gasteiger partial charge in [-0.05, 0) is 37.1 Å². The lowest BCUT2D eigenvalue weighted by atomic mass is 9.63. The third kappa shape index (κ3) is 4.17. The molecule has 1 saturated heterocycles. The van der Waals surface area contributed by atoms with Crippen molar-refractivity contribution in [2.24, 2.45) is 10.8 Å². The van der Waals surface area contributed by atoms with Gasteiger partial charge in [-0.2, -0.15) is 0 Å². The lowest BCUT2D eigenvalue weighted by Gasteiger charge is -2.50. The largest absolute Gasteiger partial charge is 0.374 e. The molecule has 1 N–H and O–H groups in total. The molecule has 0 spiro atoms. The minimum Gasteiger partial charge on any atom is -0.374 e. The van der Waals surface area contributed by atoms with Gasteiger partial charge in [-0.25, -0.2) is 0 Å². The van der Waals surface area contributed by atoms with Crippen LogP contribution in [0.2, 0.25) is 0 Å². The molecule has 0 amide bonds. The standard InChI is InChI=1S/C16H32N2O/c1-15(2)8-13(9-16(3,4)12-15)18-6-7-19-14(11-18)10-17-5/h13-14,17H,6-12H2,1-5H3. The smallest absolute Gasteiger partial charge is 0.0826 e. The van der Waals surface area contributed by atoms with Crippen LogP contribution in [0.1, 0.15) is 47.0 Å². The van der Waals surface area contributed by atoms with Crippen LogP contribution < -0.4 is 5.32 Å². The molecule has 2 aliphatic rings. The van der Waals surface area contributed by atoms with E-state index >= 15 is 0 Å². The fourth-order valence-electron chi connectivity index (χ4n) is 4.47. The zero-order valence-electron chi connectivity index (χ0n) is 13.5. The Hall–Kier alpha value is -0.120. The van der Waals surface area contributed by atoms with Crippen LogP contribution in [0.15, 0.2) is 0 Å². The first-order valence-electron chi connectivity index (χ1n) is 7.82. The minimum atomic E-state index is 0.368. The van der Waals surface area contributed by atoms with Gasteiger partial charge in [-0.15, -0.1) is 0 Å². The normalized spacial score (nSPS) is 32.4. The van der Waals surface area contributed by atoms with Crippen molar-refractivity contribution in [1.29, 1.82) is 0 Å². The maximum absolute atomic E-state index is 5.84. The van der Waals surface area contributed by atoms with Crippen LogP contribution in [0.5, 0.6) is 0 Å². The van der Waals surface area contributed by atoms with E-state index in [1.54, 1.807) is 0 Å². The first kappa shape index (κ1) is 15.3. The Morgan fingerprint density at radius 2 is 1.79 bits per heavy atom. The summed E-state index contributed by atoms with van der Waals surface area (Å²) in [7, 11) is 2.01. The van der Waals surface area contributed by atoms with Gasteiger partial charge in [0.15, 0.2) is 0 Å². The van der Waals surface area contributed by atoms with E-state index in [0.717, 1.165) is 32.3 Å². The predicted octanol–water partition coefficient (Wildman–Crippen LogP) is 2.51. The van der Waals surface area contributed by atoms with Gasteiger partial charge in [-0.3, -0.25) is 4.90 Å². The zero-order valence-corrected chi connectivity index (χ0v) is 13.5. The summed E-state index contributed by atoms with van der Waals surface area (Å²) in [5.41, 5.74) is 0.951. The molecule has 2 fully saturated rings. The number of morpholine rings is 1. The van der Waals surface area contributed by atoms with Crippen LogP contribution in [0, 0.1) is 10.8 Å². The van der Waals surface area contributed by atoms with E-state index in [1.807, 2.05) is 7.05 Å². The Labute approximate surface area is 119 Å². The van der Waals surface area contributed by atoms with E-state index in [-0.39, 0.29) is 0 Å². The fraction of sp³-hybridized carbons (Fsp3) is 1.00. The van der Waals surface area contributed by atoms with Crippen LogP contribution in [-0.2, 0) is 4.74 Å². The second kappa shape index (κ2) is 5.71. The van der Waals surface area contributed by atoms with Gasteiger partial charge >= 0.3 is 0 Å². The Morgan fingerprint density at radius 3 is 2.37 bits per heavy atom. The third-order valence-electron chi connectivity index (χ3n) is 4.65. The van der Waals surface area contributed by atoms with E-state index < -0.39 is 0 Å². The molecule has 1 atom stereocenters. The summed E-state index contributed by atoms with van der Waals surface area (Å²) >= 11 is 0. The molecule has 1 aliphatic carbocycles. The first-order valence-corrected chi connectivity index (χ1v) is 7.82. The van der Waals surface area contributed by atoms with E-state index in [4.69, 9.17) is 4.74 Å². The minimum absolute atomic E-state index is 0.368. The number of hydrogen-bond acceptors (Lipinski definition) is 3. The van der Waals surface area contributed by atoms with Crippen molar-refractivity contribution in [3.05, 3.63) is 0 Å². The van der Waals surface area contributed by atoms with Crippen molar-refractivity contribution in [2.45, 2.75) is 59.1 Å². The van der Waals surface area contributed by atoms with Crippen LogP contribution in [0.4, 0.5) is 0 Å². The third-order valence-corrected chi connectivity index (χ3v) is 4.65. The average molecular weight is 268 g/mol. The Balaban J connectivity index is 2.00. The molecule has 19 heavy (non-hydrogen) atoms. The maximum Gasteiger partial charge on any atom is 0.0826 e. The predicted molar refractivity (Wildman–Crippen MR) is 80.4 cm³/mol. The summed E-state index contributed by atoms with van der Waals surface area (Å²) < 4.78 is 5.84. The van der Waals surface area contributed by atoms with Crippen molar-refractivity contribution >= 4 is 0 Å². The van der Waals surface area contributed by atoms with Crippen LogP contribution in [0.3, 0.4) is 0 Å². The second-order valence-electron chi connectivity index (χ2n) is 8.11. The van der Waals surface area contributed by atoms with Gasteiger partial charge in [-0.1, -0.05) is 27.7 Å². The highest BCUT2D eigenvalue weighted by atomic mass is 16.5. The highest BCUT2D eigenvalue weighted by Gasteiger charge is 2.41. The first-order chi connectivity index (χ1) is 8.81. The molecule has 0 aromatic carbocycles. The second-order valence-corrected chi connectivity index (χ2v) is 8.11. The number of ether oxygens (including phenoxy) is 1. The molecule has 1 aliphatic heterocycles. The number of rotatable bonds is 3. The van der Waals surface area contributed by atoms with Crippen LogP contribution >= 0.6 is 0 Å². The van der Waals surface area contributed by atoms with E-state index in [1.165, 1.54) is 19.3 Å². The van der Waals surface area contributed by atoms with Crippen molar-refractivity contribution in [2.75, 3.05) is 33.3 Å². The topological polar surface area (TPSA) is 24.5 Å². The average Bonchev–Trinajstić information content (AvgIpc) is 2.25. The molecular weight excluding hydrogens is 236 g/mol. The number of likely N-dealkylation sites (N-methyl/N-ethyl adjacent to an activating group) is 1. The fourth-order valence-corrected chi connectivity index (χ4v) is 4.47. The molecular formula is C16H32N2O. The quantitative estimate of drug-likeness (QED) is 0.851. The number of hydrogen-bond donors (Lipinski definition) is 1. The van der Waals surface area contributed by atoms with Crippen molar-refractivity contribution in [3.63, 3.8) is 0 Å². The Kier molecular flexibility index (Phi) is 4.59. The van der Waals surface area contributed by atoms with Crippen molar-refractivity contribution in [1.82, 2.24) is 10.2 Å². The molecule has 0 radical (unpaired) electrons. The molecule has 1 saturated carbocycles. The summed E-state index contributed by atoms with van der Waals surface area (Å²) in [5.74, 6) is 0. The molecule has 0 aromatic rings. The summed E-state index contributed by atoms with van der Waals surface area (Å²) in [6, 6.07) is 0.738. The van der Waals surface area contributed by atoms with Gasteiger partial charge in [0, 0.05) is 25.7 Å². The van der Waals surface area contributed by atoms with E-state index in [2.05, 4.69) is 37.9 Å². The molecule has 112 valence electrons. The summed E-state index contributed by atoms with van der Waals surface area (Å²) in [4.78, 5) is 2.69. The summed E-state index contributed by atoms with van der Waals surface area (Å²) in [5, 5.41) is 3.24. The molecule has 1 heterocycles. The summed E-state index contributed by atoms with van der Waals surface area (Å²) in [6.07, 6.45) is 4.39. The number of nitrogens with one attached hydrogen (secondary N) is 1. The van der Waals surface area contributed by atoms with Crippen LogP contribution in [-0.4, -0.2) is 50.3 Å². The van der Waals surface area contributed by atoms with Gasteiger partial charge in [0.25, 0.3) is 0 Å². The SMILES string of the molecule is CNCC1CN(C2CC(C)(C)CC(C)(C)C2)CCO1. The van der Waals surface area contributed by atoms with Gasteiger partial charge in [0.05, 0.1) is 12.7 Å². The molecule has 3 heteroatoms. The zero-order chi connectivity index (χ0) is 14.1. The van der Waals surface area contributed by atoms with Gasteiger partial charge in [0.2, 0.25) is 0 Å². The lowest BCUT2D eigenvalue weighted by Crippen LogP contribution is -2.54. The van der Waals surface area contributed by atoms with Crippen LogP contribution in [0.25, 0.3) is 0 Å². The highest BCUT2D eigenvalue weighted by Crippen LogP contribution is 2.47. The monoisotopic (exact) mass is 268 g/mol. The maximum atomic E-state index is 5.84. The Bertz CT molecular complexity index is 283. The van der Waals surface area contributed by atoms with E-state index in [9.17, 15) is 0 Å². The van der Waals surface area contributed by atoms with E-state index in [0.29, 0.717) is 16.9 Å². The number of nitrogens with zero attached hydrogens (tertiary/aromatic N) is 1. The summed E-state index contributed by atoms with van der Waals surface area (Å²) in [6.45, 7) is 13.8. The molecule has 3 nitrogen and oxygen atoms in total. The van der Waals surface area contributed by atoms with Gasteiger partial charge < -0.3 is 10.1 Å². The van der Waals surface area contributed by atoms with Gasteiger partial charge in [0.1, 0.15) is 0 Å². The van der Waals surface area contributed by atoms with Crippen molar-refractivity contribution < 1.29 is 4.74 Å². The highest BCUT2D eigenvalue weighted by molar-refractivity contribution is 4.94. The molecule has 0 aromatic heterocycles. The molecule has 1 unspecified atom stereocenters. The molecule has 2 rings (SSSR count).